The maximum absolute atomic E-state index is 12.5. The number of anilines is 1. The standard InChI is InChI=1S/C16H19NO4S2/c1-16(2,3)11-5-7-12(8-6-11)23(19,20)17-14-10-22-9-13(14)15(18)21-4/h5-10,17H,1-4H3. The van der Waals surface area contributed by atoms with Gasteiger partial charge in [-0.05, 0) is 23.1 Å². The number of ether oxygens (including phenoxy) is 1. The van der Waals surface area contributed by atoms with E-state index in [0.717, 1.165) is 5.56 Å². The minimum absolute atomic E-state index is 0.0544. The summed E-state index contributed by atoms with van der Waals surface area (Å²) < 4.78 is 32.0. The molecule has 0 aliphatic heterocycles. The largest absolute Gasteiger partial charge is 0.465 e. The van der Waals surface area contributed by atoms with Gasteiger partial charge in [0, 0.05) is 10.8 Å². The first-order valence-electron chi connectivity index (χ1n) is 6.93. The van der Waals surface area contributed by atoms with Crippen LogP contribution in [0.4, 0.5) is 5.69 Å². The van der Waals surface area contributed by atoms with Gasteiger partial charge in [-0.1, -0.05) is 32.9 Å². The molecule has 0 saturated heterocycles. The Kier molecular flexibility index (Phi) is 4.81. The third-order valence-corrected chi connectivity index (χ3v) is 5.47. The number of methoxy groups -OCH3 is 1. The highest BCUT2D eigenvalue weighted by Gasteiger charge is 2.21. The highest BCUT2D eigenvalue weighted by Crippen LogP contribution is 2.27. The average molecular weight is 353 g/mol. The number of rotatable bonds is 4. The molecule has 1 heterocycles. The van der Waals surface area contributed by atoms with Crippen molar-refractivity contribution in [3.05, 3.63) is 46.2 Å². The third kappa shape index (κ3) is 3.92. The van der Waals surface area contributed by atoms with Crippen LogP contribution in [0.3, 0.4) is 0 Å². The summed E-state index contributed by atoms with van der Waals surface area (Å²) >= 11 is 1.22. The normalized spacial score (nSPS) is 12.0. The molecule has 0 atom stereocenters. The summed E-state index contributed by atoms with van der Waals surface area (Å²) in [6, 6.07) is 6.72. The molecule has 7 heteroatoms. The zero-order valence-electron chi connectivity index (χ0n) is 13.4. The van der Waals surface area contributed by atoms with E-state index in [0.29, 0.717) is 0 Å². The van der Waals surface area contributed by atoms with E-state index in [4.69, 9.17) is 0 Å². The number of hydrogen-bond acceptors (Lipinski definition) is 5. The molecule has 23 heavy (non-hydrogen) atoms. The van der Waals surface area contributed by atoms with Gasteiger partial charge in [0.25, 0.3) is 10.0 Å². The predicted octanol–water partition coefficient (Wildman–Crippen LogP) is 3.63. The van der Waals surface area contributed by atoms with Crippen LogP contribution in [0.25, 0.3) is 0 Å². The van der Waals surface area contributed by atoms with Crippen LogP contribution in [-0.4, -0.2) is 21.5 Å². The van der Waals surface area contributed by atoms with E-state index in [-0.39, 0.29) is 21.6 Å². The summed E-state index contributed by atoms with van der Waals surface area (Å²) in [6.07, 6.45) is 0. The molecule has 1 N–H and O–H groups in total. The number of carbonyl (C=O) groups excluding carboxylic acids is 1. The molecule has 2 aromatic rings. The summed E-state index contributed by atoms with van der Waals surface area (Å²) in [4.78, 5) is 11.8. The quantitative estimate of drug-likeness (QED) is 0.852. The van der Waals surface area contributed by atoms with Gasteiger partial charge in [0.1, 0.15) is 0 Å². The molecule has 0 radical (unpaired) electrons. The van der Waals surface area contributed by atoms with Crippen molar-refractivity contribution in [3.8, 4) is 0 Å². The SMILES string of the molecule is COC(=O)c1cscc1NS(=O)(=O)c1ccc(C(C)(C)C)cc1. The minimum atomic E-state index is -3.76. The number of nitrogens with one attached hydrogen (secondary N) is 1. The molecule has 0 spiro atoms. The molecule has 5 nitrogen and oxygen atoms in total. The first kappa shape index (κ1) is 17.5. The maximum atomic E-state index is 12.5. The summed E-state index contributed by atoms with van der Waals surface area (Å²) in [5.74, 6) is -0.577. The average Bonchev–Trinajstić information content (AvgIpc) is 2.93. The lowest BCUT2D eigenvalue weighted by molar-refractivity contribution is 0.0602. The molecule has 1 aromatic heterocycles. The molecule has 0 amide bonds. The van der Waals surface area contributed by atoms with E-state index in [2.05, 4.69) is 30.2 Å². The van der Waals surface area contributed by atoms with E-state index in [1.807, 2.05) is 0 Å². The molecule has 1 aromatic carbocycles. The van der Waals surface area contributed by atoms with Crippen LogP contribution in [0.5, 0.6) is 0 Å². The summed E-state index contributed by atoms with van der Waals surface area (Å²) in [5.41, 5.74) is 1.41. The van der Waals surface area contributed by atoms with Crippen LogP contribution < -0.4 is 4.72 Å². The summed E-state index contributed by atoms with van der Waals surface area (Å²) in [7, 11) is -2.51. The van der Waals surface area contributed by atoms with Gasteiger partial charge < -0.3 is 4.74 Å². The van der Waals surface area contributed by atoms with Gasteiger partial charge in [-0.25, -0.2) is 13.2 Å². The van der Waals surface area contributed by atoms with E-state index in [9.17, 15) is 13.2 Å². The Labute approximate surface area is 140 Å². The van der Waals surface area contributed by atoms with E-state index in [1.165, 1.54) is 18.4 Å². The molecule has 2 rings (SSSR count). The van der Waals surface area contributed by atoms with Crippen molar-refractivity contribution in [2.45, 2.75) is 31.1 Å². The number of esters is 1. The van der Waals surface area contributed by atoms with Gasteiger partial charge in [0.2, 0.25) is 0 Å². The predicted molar refractivity (Wildman–Crippen MR) is 91.6 cm³/mol. The van der Waals surface area contributed by atoms with Crippen molar-refractivity contribution in [1.82, 2.24) is 0 Å². The summed E-state index contributed by atoms with van der Waals surface area (Å²) in [6.45, 7) is 6.17. The zero-order valence-corrected chi connectivity index (χ0v) is 15.0. The second-order valence-corrected chi connectivity index (χ2v) is 8.50. The Balaban J connectivity index is 2.30. The second kappa shape index (κ2) is 6.33. The molecule has 0 saturated carbocycles. The van der Waals surface area contributed by atoms with Crippen molar-refractivity contribution < 1.29 is 17.9 Å². The van der Waals surface area contributed by atoms with Crippen LogP contribution in [0.1, 0.15) is 36.7 Å². The van der Waals surface area contributed by atoms with Crippen molar-refractivity contribution in [1.29, 1.82) is 0 Å². The smallest absolute Gasteiger partial charge is 0.340 e. The second-order valence-electron chi connectivity index (χ2n) is 6.07. The number of carbonyl (C=O) groups is 1. The number of benzene rings is 1. The molecule has 0 bridgehead atoms. The fourth-order valence-corrected chi connectivity index (χ4v) is 3.88. The maximum Gasteiger partial charge on any atom is 0.340 e. The van der Waals surface area contributed by atoms with Gasteiger partial charge in [-0.15, -0.1) is 11.3 Å². The van der Waals surface area contributed by atoms with Crippen molar-refractivity contribution >= 4 is 33.0 Å². The number of hydrogen-bond donors (Lipinski definition) is 1. The topological polar surface area (TPSA) is 72.5 Å². The van der Waals surface area contributed by atoms with Crippen molar-refractivity contribution in [2.75, 3.05) is 11.8 Å². The molecule has 0 unspecified atom stereocenters. The van der Waals surface area contributed by atoms with Crippen molar-refractivity contribution in [3.63, 3.8) is 0 Å². The highest BCUT2D eigenvalue weighted by atomic mass is 32.2. The van der Waals surface area contributed by atoms with Gasteiger partial charge in [0.15, 0.2) is 0 Å². The van der Waals surface area contributed by atoms with Gasteiger partial charge in [-0.2, -0.15) is 0 Å². The fraction of sp³-hybridized carbons (Fsp3) is 0.312. The first-order chi connectivity index (χ1) is 10.6. The van der Waals surface area contributed by atoms with Crippen LogP contribution >= 0.6 is 11.3 Å². The lowest BCUT2D eigenvalue weighted by atomic mass is 9.87. The monoisotopic (exact) mass is 353 g/mol. The molecular weight excluding hydrogens is 334 g/mol. The lowest BCUT2D eigenvalue weighted by Gasteiger charge is -2.19. The molecular formula is C16H19NO4S2. The number of sulfonamides is 1. The van der Waals surface area contributed by atoms with E-state index >= 15 is 0 Å². The zero-order chi connectivity index (χ0) is 17.3. The van der Waals surface area contributed by atoms with Crippen LogP contribution in [0.15, 0.2) is 39.9 Å². The fourth-order valence-electron chi connectivity index (χ4n) is 1.98. The molecule has 0 aliphatic rings. The van der Waals surface area contributed by atoms with Crippen LogP contribution in [-0.2, 0) is 20.2 Å². The third-order valence-electron chi connectivity index (χ3n) is 3.34. The first-order valence-corrected chi connectivity index (χ1v) is 9.35. The van der Waals surface area contributed by atoms with Gasteiger partial charge in [-0.3, -0.25) is 4.72 Å². The number of thiophene rings is 1. The van der Waals surface area contributed by atoms with Gasteiger partial charge in [0.05, 0.1) is 23.3 Å². The Morgan fingerprint density at radius 2 is 1.74 bits per heavy atom. The highest BCUT2D eigenvalue weighted by molar-refractivity contribution is 7.92. The van der Waals surface area contributed by atoms with Crippen molar-refractivity contribution in [2.24, 2.45) is 0 Å². The van der Waals surface area contributed by atoms with Gasteiger partial charge >= 0.3 is 5.97 Å². The van der Waals surface area contributed by atoms with E-state index < -0.39 is 16.0 Å². The lowest BCUT2D eigenvalue weighted by Crippen LogP contribution is -2.16. The van der Waals surface area contributed by atoms with E-state index in [1.54, 1.807) is 35.0 Å². The molecule has 0 fully saturated rings. The Morgan fingerprint density at radius 1 is 1.13 bits per heavy atom. The Morgan fingerprint density at radius 3 is 2.26 bits per heavy atom. The Hall–Kier alpha value is -1.86. The summed E-state index contributed by atoms with van der Waals surface area (Å²) in [5, 5.41) is 3.11. The molecule has 0 aliphatic carbocycles. The molecule has 124 valence electrons. The minimum Gasteiger partial charge on any atom is -0.465 e. The van der Waals surface area contributed by atoms with Crippen LogP contribution in [0.2, 0.25) is 0 Å². The van der Waals surface area contributed by atoms with Crippen LogP contribution in [0, 0.1) is 0 Å². The Bertz CT molecular complexity index is 799.